The number of hydrogen-bond acceptors (Lipinski definition) is 0. The van der Waals surface area contributed by atoms with Crippen molar-refractivity contribution in [1.29, 1.82) is 0 Å². The summed E-state index contributed by atoms with van der Waals surface area (Å²) in [6, 6.07) is 0. The molecular weight excluding hydrogens is 164 g/mol. The van der Waals surface area contributed by atoms with Crippen molar-refractivity contribution in [3.63, 3.8) is 0 Å². The van der Waals surface area contributed by atoms with Crippen LogP contribution in [0.2, 0.25) is 0 Å². The number of hydrogen-bond donors (Lipinski definition) is 0. The molecule has 1 aliphatic rings. The second-order valence-corrected chi connectivity index (χ2v) is 3.38. The van der Waals surface area contributed by atoms with Crippen LogP contribution in [-0.4, -0.2) is 0 Å². The fourth-order valence-corrected chi connectivity index (χ4v) is 1.06. The molecule has 0 amide bonds. The molecule has 0 spiro atoms. The largest absolute Gasteiger partial charge is 0.0868 e. The Bertz CT molecular complexity index is 148. The summed E-state index contributed by atoms with van der Waals surface area (Å²) in [6.45, 7) is 4.49. The van der Waals surface area contributed by atoms with Gasteiger partial charge in [-0.25, -0.2) is 0 Å². The van der Waals surface area contributed by atoms with E-state index in [9.17, 15) is 0 Å². The van der Waals surface area contributed by atoms with E-state index in [2.05, 4.69) is 40.5 Å². The molecule has 1 fully saturated rings. The van der Waals surface area contributed by atoms with Crippen LogP contribution in [0.15, 0.2) is 0 Å². The zero-order chi connectivity index (χ0) is 6.20. The molecule has 1 heteroatoms. The minimum absolute atomic E-state index is 0.515. The van der Waals surface area contributed by atoms with Gasteiger partial charge in [-0.3, -0.25) is 0 Å². The first-order chi connectivity index (χ1) is 3.67. The van der Waals surface area contributed by atoms with E-state index in [4.69, 9.17) is 0 Å². The van der Waals surface area contributed by atoms with Crippen LogP contribution in [0.5, 0.6) is 0 Å². The van der Waals surface area contributed by atoms with Gasteiger partial charge in [-0.15, -0.1) is 0 Å². The molecule has 0 heterocycles. The van der Waals surface area contributed by atoms with Gasteiger partial charge in [0.2, 0.25) is 0 Å². The molecule has 0 nitrogen and oxygen atoms in total. The first-order valence-electron chi connectivity index (χ1n) is 2.78. The Balaban J connectivity index is 2.45. The highest BCUT2D eigenvalue weighted by molar-refractivity contribution is 9.12. The highest BCUT2D eigenvalue weighted by Crippen LogP contribution is 2.50. The maximum Gasteiger partial charge on any atom is 0.0268 e. The van der Waals surface area contributed by atoms with E-state index in [0.717, 1.165) is 0 Å². The van der Waals surface area contributed by atoms with Crippen LogP contribution >= 0.6 is 15.9 Å². The van der Waals surface area contributed by atoms with Gasteiger partial charge >= 0.3 is 0 Å². The quantitative estimate of drug-likeness (QED) is 0.493. The van der Waals surface area contributed by atoms with Crippen molar-refractivity contribution in [3.8, 4) is 10.8 Å². The summed E-state index contributed by atoms with van der Waals surface area (Å²) >= 11 is 3.08. The van der Waals surface area contributed by atoms with E-state index in [1.165, 1.54) is 6.42 Å². The second kappa shape index (κ2) is 1.77. The normalized spacial score (nSPS) is 30.6. The van der Waals surface area contributed by atoms with Crippen molar-refractivity contribution < 1.29 is 0 Å². The van der Waals surface area contributed by atoms with Crippen LogP contribution in [0.1, 0.15) is 20.3 Å². The zero-order valence-electron chi connectivity index (χ0n) is 5.16. The first kappa shape index (κ1) is 6.16. The monoisotopic (exact) mass is 172 g/mol. The smallest absolute Gasteiger partial charge is 0.0268 e. The molecule has 1 aliphatic carbocycles. The standard InChI is InChI=1S/C7H9Br/c1-7(2)5-6(7)3-4-8/h6H,5H2,1-2H3. The lowest BCUT2D eigenvalue weighted by Gasteiger charge is -1.91. The molecular formula is C7H9Br. The molecule has 0 aromatic carbocycles. The van der Waals surface area contributed by atoms with Crippen molar-refractivity contribution in [2.45, 2.75) is 20.3 Å². The summed E-state index contributed by atoms with van der Waals surface area (Å²) in [6.07, 6.45) is 1.27. The van der Waals surface area contributed by atoms with E-state index in [0.29, 0.717) is 11.3 Å². The molecule has 0 radical (unpaired) electrons. The van der Waals surface area contributed by atoms with E-state index in [1.54, 1.807) is 0 Å². The van der Waals surface area contributed by atoms with Crippen LogP contribution in [0.25, 0.3) is 0 Å². The molecule has 0 N–H and O–H groups in total. The SMILES string of the molecule is CC1(C)CC1C#CBr. The highest BCUT2D eigenvalue weighted by Gasteiger charge is 2.44. The lowest BCUT2D eigenvalue weighted by Crippen LogP contribution is -1.85. The highest BCUT2D eigenvalue weighted by atomic mass is 79.9. The predicted molar refractivity (Wildman–Crippen MR) is 38.6 cm³/mol. The van der Waals surface area contributed by atoms with E-state index >= 15 is 0 Å². The first-order valence-corrected chi connectivity index (χ1v) is 3.57. The van der Waals surface area contributed by atoms with Crippen molar-refractivity contribution >= 4 is 15.9 Å². The number of rotatable bonds is 0. The third-order valence-electron chi connectivity index (χ3n) is 1.74. The van der Waals surface area contributed by atoms with Gasteiger partial charge in [-0.2, -0.15) is 0 Å². The predicted octanol–water partition coefficient (Wildman–Crippen LogP) is 2.39. The molecule has 1 saturated carbocycles. The van der Waals surface area contributed by atoms with Crippen LogP contribution in [0.4, 0.5) is 0 Å². The van der Waals surface area contributed by atoms with E-state index in [1.807, 2.05) is 0 Å². The molecule has 0 saturated heterocycles. The van der Waals surface area contributed by atoms with E-state index < -0.39 is 0 Å². The van der Waals surface area contributed by atoms with Crippen molar-refractivity contribution in [1.82, 2.24) is 0 Å². The van der Waals surface area contributed by atoms with Gasteiger partial charge in [0.25, 0.3) is 0 Å². The average molecular weight is 173 g/mol. The van der Waals surface area contributed by atoms with Crippen molar-refractivity contribution in [2.75, 3.05) is 0 Å². The Morgan fingerprint density at radius 1 is 1.62 bits per heavy atom. The Morgan fingerprint density at radius 3 is 2.25 bits per heavy atom. The Kier molecular flexibility index (Phi) is 1.37. The summed E-state index contributed by atoms with van der Waals surface area (Å²) < 4.78 is 0. The van der Waals surface area contributed by atoms with Crippen LogP contribution in [0.3, 0.4) is 0 Å². The third kappa shape index (κ3) is 1.06. The van der Waals surface area contributed by atoms with Crippen LogP contribution in [-0.2, 0) is 0 Å². The summed E-state index contributed by atoms with van der Waals surface area (Å²) in [7, 11) is 0. The summed E-state index contributed by atoms with van der Waals surface area (Å²) in [5, 5.41) is 0. The average Bonchev–Trinajstić information content (AvgIpc) is 2.15. The van der Waals surface area contributed by atoms with Crippen molar-refractivity contribution in [2.24, 2.45) is 11.3 Å². The fourth-order valence-electron chi connectivity index (χ4n) is 0.779. The van der Waals surface area contributed by atoms with E-state index in [-0.39, 0.29) is 0 Å². The minimum Gasteiger partial charge on any atom is -0.0868 e. The maximum absolute atomic E-state index is 3.08. The topological polar surface area (TPSA) is 0 Å². The number of halogens is 1. The molecule has 1 unspecified atom stereocenters. The zero-order valence-corrected chi connectivity index (χ0v) is 6.75. The molecule has 8 heavy (non-hydrogen) atoms. The van der Waals surface area contributed by atoms with Crippen molar-refractivity contribution in [3.05, 3.63) is 0 Å². The van der Waals surface area contributed by atoms with Crippen LogP contribution in [0, 0.1) is 22.1 Å². The van der Waals surface area contributed by atoms with Gasteiger partial charge in [0.05, 0.1) is 0 Å². The Labute approximate surface area is 58.8 Å². The molecule has 44 valence electrons. The van der Waals surface area contributed by atoms with Gasteiger partial charge in [0.15, 0.2) is 0 Å². The lowest BCUT2D eigenvalue weighted by atomic mass is 10.1. The van der Waals surface area contributed by atoms with Gasteiger partial charge in [0.1, 0.15) is 0 Å². The Hall–Kier alpha value is 0.0400. The fraction of sp³-hybridized carbons (Fsp3) is 0.714. The molecule has 1 rings (SSSR count). The maximum atomic E-state index is 3.08. The summed E-state index contributed by atoms with van der Waals surface area (Å²) in [5.74, 6) is 3.73. The molecule has 0 aromatic rings. The second-order valence-electron chi connectivity index (χ2n) is 2.98. The van der Waals surface area contributed by atoms with Gasteiger partial charge in [-0.1, -0.05) is 19.8 Å². The molecule has 0 aromatic heterocycles. The minimum atomic E-state index is 0.515. The summed E-state index contributed by atoms with van der Waals surface area (Å²) in [4.78, 5) is 2.75. The van der Waals surface area contributed by atoms with Gasteiger partial charge in [-0.05, 0) is 16.7 Å². The molecule has 0 bridgehead atoms. The van der Waals surface area contributed by atoms with Crippen LogP contribution < -0.4 is 0 Å². The van der Waals surface area contributed by atoms with Gasteiger partial charge < -0.3 is 0 Å². The summed E-state index contributed by atoms with van der Waals surface area (Å²) in [5.41, 5.74) is 0.515. The third-order valence-corrected chi connectivity index (χ3v) is 1.97. The molecule has 1 atom stereocenters. The van der Waals surface area contributed by atoms with Gasteiger partial charge in [0, 0.05) is 21.8 Å². The lowest BCUT2D eigenvalue weighted by molar-refractivity contribution is 0.617. The Morgan fingerprint density at radius 2 is 2.12 bits per heavy atom. The molecule has 0 aliphatic heterocycles.